The zero-order valence-corrected chi connectivity index (χ0v) is 28.7. The van der Waals surface area contributed by atoms with E-state index in [2.05, 4.69) is 183 Å². The van der Waals surface area contributed by atoms with Crippen molar-refractivity contribution in [1.82, 2.24) is 4.98 Å². The Balaban J connectivity index is 1.25. The third-order valence-electron chi connectivity index (χ3n) is 10.7. The number of pyridine rings is 1. The summed E-state index contributed by atoms with van der Waals surface area (Å²) in [6.07, 6.45) is 3.68. The summed E-state index contributed by atoms with van der Waals surface area (Å²) < 4.78 is 7.18. The maximum atomic E-state index is 7.18. The molecule has 248 valence electrons. The molecule has 0 saturated heterocycles. The van der Waals surface area contributed by atoms with Gasteiger partial charge in [0.2, 0.25) is 0 Å². The summed E-state index contributed by atoms with van der Waals surface area (Å²) in [5, 5.41) is 0. The Hall–Kier alpha value is -7.05. The number of aromatic nitrogens is 1. The fourth-order valence-electron chi connectivity index (χ4n) is 8.49. The number of hydrogen-bond acceptors (Lipinski definition) is 5. The quantitative estimate of drug-likeness (QED) is 0.173. The summed E-state index contributed by atoms with van der Waals surface area (Å²) in [7, 11) is 0. The molecule has 1 aromatic heterocycles. The fourth-order valence-corrected chi connectivity index (χ4v) is 8.49. The van der Waals surface area contributed by atoms with Crippen molar-refractivity contribution in [1.29, 1.82) is 0 Å². The van der Waals surface area contributed by atoms with Gasteiger partial charge in [-0.25, -0.2) is 0 Å². The zero-order valence-electron chi connectivity index (χ0n) is 28.7. The third kappa shape index (κ3) is 4.49. The summed E-state index contributed by atoms with van der Waals surface area (Å²) in [6, 6.07) is 62.8. The predicted octanol–water partition coefficient (Wildman–Crippen LogP) is 10.4. The molecule has 0 spiro atoms. The average Bonchev–Trinajstić information content (AvgIpc) is 3.23. The lowest BCUT2D eigenvalue weighted by molar-refractivity contribution is 0.478. The third-order valence-corrected chi connectivity index (χ3v) is 10.7. The number of hydrogen-bond donors (Lipinski definition) is 0. The summed E-state index contributed by atoms with van der Waals surface area (Å²) in [5.74, 6) is 1.64. The molecule has 0 N–H and O–H groups in total. The Morgan fingerprint density at radius 3 is 1.60 bits per heavy atom. The summed E-state index contributed by atoms with van der Waals surface area (Å²) >= 11 is 0. The van der Waals surface area contributed by atoms with E-state index in [1.165, 1.54) is 22.1 Å². The molecule has 0 amide bonds. The topological polar surface area (TPSA) is 31.8 Å². The van der Waals surface area contributed by atoms with Gasteiger partial charge in [-0.2, -0.15) is 0 Å². The highest BCUT2D eigenvalue weighted by atomic mass is 16.5. The highest BCUT2D eigenvalue weighted by Crippen LogP contribution is 2.58. The Labute approximate surface area is 308 Å². The zero-order chi connectivity index (χ0) is 34.9. The van der Waals surface area contributed by atoms with Crippen LogP contribution in [0.25, 0.3) is 11.1 Å². The molecule has 0 atom stereocenters. The van der Waals surface area contributed by atoms with Crippen LogP contribution < -0.4 is 35.8 Å². The molecule has 0 saturated carbocycles. The molecule has 7 aromatic carbocycles. The molecule has 5 nitrogen and oxygen atoms in total. The molecule has 0 fully saturated rings. The first kappa shape index (κ1) is 29.7. The molecule has 0 aliphatic carbocycles. The van der Waals surface area contributed by atoms with Gasteiger partial charge in [0.05, 0.1) is 17.1 Å². The first-order valence-electron chi connectivity index (χ1n) is 18.0. The van der Waals surface area contributed by atoms with Gasteiger partial charge in [0.1, 0.15) is 0 Å². The van der Waals surface area contributed by atoms with E-state index < -0.39 is 0 Å². The van der Waals surface area contributed by atoms with E-state index in [1.807, 2.05) is 24.5 Å². The molecule has 0 radical (unpaired) electrons. The largest absolute Gasteiger partial charge is 0.451 e. The monoisotopic (exact) mass is 678 g/mol. The van der Waals surface area contributed by atoms with Crippen molar-refractivity contribution < 1.29 is 4.74 Å². The fraction of sp³-hybridized carbons (Fsp3) is 0. The molecule has 0 bridgehead atoms. The van der Waals surface area contributed by atoms with E-state index in [0.717, 1.165) is 68.1 Å². The number of anilines is 9. The van der Waals surface area contributed by atoms with Crippen molar-refractivity contribution in [3.05, 3.63) is 188 Å². The number of ether oxygens (including phenoxy) is 1. The van der Waals surface area contributed by atoms with Gasteiger partial charge in [0.15, 0.2) is 11.5 Å². The molecule has 3 aliphatic rings. The van der Waals surface area contributed by atoms with Crippen LogP contribution in [0.2, 0.25) is 0 Å². The van der Waals surface area contributed by atoms with Gasteiger partial charge < -0.3 is 19.4 Å². The maximum absolute atomic E-state index is 7.18. The molecule has 3 aliphatic heterocycles. The molecule has 4 heterocycles. The Kier molecular flexibility index (Phi) is 6.58. The molecule has 53 heavy (non-hydrogen) atoms. The first-order chi connectivity index (χ1) is 26.3. The highest BCUT2D eigenvalue weighted by molar-refractivity contribution is 7.00. The van der Waals surface area contributed by atoms with Gasteiger partial charge in [-0.3, -0.25) is 4.98 Å². The number of rotatable bonds is 4. The van der Waals surface area contributed by atoms with Crippen LogP contribution in [-0.2, 0) is 0 Å². The predicted molar refractivity (Wildman–Crippen MR) is 218 cm³/mol. The van der Waals surface area contributed by atoms with Crippen molar-refractivity contribution >= 4 is 74.3 Å². The van der Waals surface area contributed by atoms with Gasteiger partial charge >= 0.3 is 0 Å². The van der Waals surface area contributed by atoms with Gasteiger partial charge in [0.25, 0.3) is 6.71 Å². The van der Waals surface area contributed by atoms with Crippen LogP contribution in [0.5, 0.6) is 11.5 Å². The Morgan fingerprint density at radius 2 is 0.925 bits per heavy atom. The second-order valence-corrected chi connectivity index (χ2v) is 13.6. The Bertz CT molecular complexity index is 2660. The number of nitrogens with zero attached hydrogens (tertiary/aromatic N) is 4. The summed E-state index contributed by atoms with van der Waals surface area (Å²) in [5.41, 5.74) is 15.7. The van der Waals surface area contributed by atoms with Crippen molar-refractivity contribution in [3.63, 3.8) is 0 Å². The van der Waals surface area contributed by atoms with Crippen LogP contribution in [0, 0.1) is 0 Å². The lowest BCUT2D eigenvalue weighted by Gasteiger charge is -2.46. The minimum absolute atomic E-state index is 0.00788. The molecule has 0 unspecified atom stereocenters. The summed E-state index contributed by atoms with van der Waals surface area (Å²) in [6.45, 7) is -0.00788. The maximum Gasteiger partial charge on any atom is 0.252 e. The van der Waals surface area contributed by atoms with E-state index in [-0.39, 0.29) is 6.71 Å². The van der Waals surface area contributed by atoms with Gasteiger partial charge in [0, 0.05) is 46.5 Å². The Morgan fingerprint density at radius 1 is 0.415 bits per heavy atom. The molecular formula is C47H31BN4O. The standard InChI is InChI=1S/C47H31BN4O/c1-3-13-34(14-4-1)50-39-19-9-7-17-37(39)48-38-18-8-10-20-40(38)52(35-15-5-2-6-16-35)46-45(48)42(50)31-43-47(46)53-44-22-12-11-21-41(44)51(43)36-25-23-32(24-26-36)33-27-29-49-30-28-33/h1-31H. The smallest absolute Gasteiger partial charge is 0.252 e. The minimum Gasteiger partial charge on any atom is -0.451 e. The van der Waals surface area contributed by atoms with E-state index in [9.17, 15) is 0 Å². The molecule has 11 rings (SSSR count). The normalized spacial score (nSPS) is 13.3. The summed E-state index contributed by atoms with van der Waals surface area (Å²) in [4.78, 5) is 11.4. The number of para-hydroxylation sites is 6. The van der Waals surface area contributed by atoms with Crippen molar-refractivity contribution in [2.75, 3.05) is 14.7 Å². The molecule has 6 heteroatoms. The SMILES string of the molecule is c1ccc(N2c3ccccc3B3c4ccccc4N(c4ccccc4)c4c5c(cc2c43)N(c2ccc(-c3ccncc3)cc2)c2ccccc2O5)cc1. The van der Waals surface area contributed by atoms with Crippen LogP contribution in [0.3, 0.4) is 0 Å². The van der Waals surface area contributed by atoms with E-state index >= 15 is 0 Å². The van der Waals surface area contributed by atoms with Crippen LogP contribution in [0.1, 0.15) is 0 Å². The second kappa shape index (κ2) is 11.8. The van der Waals surface area contributed by atoms with Crippen molar-refractivity contribution in [2.24, 2.45) is 0 Å². The lowest BCUT2D eigenvalue weighted by atomic mass is 9.33. The first-order valence-corrected chi connectivity index (χ1v) is 18.0. The van der Waals surface area contributed by atoms with Gasteiger partial charge in [-0.05, 0) is 106 Å². The van der Waals surface area contributed by atoms with E-state index in [0.29, 0.717) is 0 Å². The second-order valence-electron chi connectivity index (χ2n) is 13.6. The van der Waals surface area contributed by atoms with E-state index in [1.54, 1.807) is 0 Å². The highest BCUT2D eigenvalue weighted by Gasteiger charge is 2.46. The number of fused-ring (bicyclic) bond motifs is 7. The number of benzene rings is 7. The van der Waals surface area contributed by atoms with Crippen LogP contribution in [0.15, 0.2) is 188 Å². The molecular weight excluding hydrogens is 647 g/mol. The van der Waals surface area contributed by atoms with Gasteiger partial charge in [-0.15, -0.1) is 0 Å². The minimum atomic E-state index is -0.00788. The lowest BCUT2D eigenvalue weighted by Crippen LogP contribution is -2.61. The van der Waals surface area contributed by atoms with Crippen LogP contribution in [0.4, 0.5) is 51.2 Å². The van der Waals surface area contributed by atoms with Crippen molar-refractivity contribution in [3.8, 4) is 22.6 Å². The average molecular weight is 679 g/mol. The van der Waals surface area contributed by atoms with Gasteiger partial charge in [-0.1, -0.05) is 97.1 Å². The van der Waals surface area contributed by atoms with Crippen LogP contribution in [-0.4, -0.2) is 11.7 Å². The van der Waals surface area contributed by atoms with E-state index in [4.69, 9.17) is 4.74 Å². The molecule has 8 aromatic rings. The van der Waals surface area contributed by atoms with Crippen molar-refractivity contribution in [2.45, 2.75) is 0 Å². The van der Waals surface area contributed by atoms with Crippen LogP contribution >= 0.6 is 0 Å².